The second-order valence-electron chi connectivity index (χ2n) is 19.5. The number of ether oxygens (including phenoxy) is 2. The van der Waals surface area contributed by atoms with E-state index in [1.807, 2.05) is 33.0 Å². The first-order chi connectivity index (χ1) is 26.8. The fourth-order valence-corrected chi connectivity index (χ4v) is 8.73. The van der Waals surface area contributed by atoms with Crippen molar-refractivity contribution in [1.82, 2.24) is 4.98 Å². The first-order valence-electron chi connectivity index (χ1n) is 21.1. The molecule has 5 aromatic rings. The zero-order valence-electron chi connectivity index (χ0n) is 37.9. The van der Waals surface area contributed by atoms with Gasteiger partial charge in [0, 0.05) is 26.0 Å². The number of hydrogen-bond acceptors (Lipinski definition) is 5. The zero-order chi connectivity index (χ0) is 42.1. The molecule has 1 aliphatic carbocycles. The first kappa shape index (κ1) is 35.5. The van der Waals surface area contributed by atoms with Crippen LogP contribution < -0.4 is 9.64 Å². The normalized spacial score (nSPS) is 22.5. The van der Waals surface area contributed by atoms with Crippen LogP contribution in [0.3, 0.4) is 0 Å². The molecule has 2 aliphatic heterocycles. The topological polar surface area (TPSA) is 47.0 Å². The van der Waals surface area contributed by atoms with Crippen LogP contribution in [-0.4, -0.2) is 16.5 Å². The van der Waals surface area contributed by atoms with Crippen LogP contribution in [0.4, 0.5) is 17.2 Å². The Bertz CT molecular complexity index is 2560. The highest BCUT2D eigenvalue weighted by molar-refractivity contribution is 5.97. The van der Waals surface area contributed by atoms with E-state index in [-0.39, 0.29) is 22.7 Å². The number of pyridine rings is 1. The van der Waals surface area contributed by atoms with E-state index in [1.54, 1.807) is 0 Å². The number of rotatable bonds is 4. The minimum atomic E-state index is -1.57. The Balaban J connectivity index is 1.26. The van der Waals surface area contributed by atoms with Crippen molar-refractivity contribution in [2.45, 2.75) is 137 Å². The van der Waals surface area contributed by atoms with Crippen LogP contribution in [-0.2, 0) is 32.9 Å². The Kier molecular flexibility index (Phi) is 7.96. The predicted molar refractivity (Wildman–Crippen MR) is 232 cm³/mol. The van der Waals surface area contributed by atoms with E-state index in [4.69, 9.17) is 19.5 Å². The van der Waals surface area contributed by atoms with Gasteiger partial charge in [-0.05, 0) is 158 Å². The molecule has 0 N–H and O–H groups in total. The highest BCUT2D eigenvalue weighted by Gasteiger charge is 2.56. The average molecular weight is 748 g/mol. The van der Waals surface area contributed by atoms with E-state index >= 15 is 0 Å². The SMILES string of the molecule is [2H]C1([2H])C[C@]2(C)OC(c3cc(Oc4cc5c(cc4C)C(C)(C)c4cc(C)ccc4N5c4cc(C(C)(C)C)ccn4)cc(C(C)(C)C)c3)=N[C@]2(C)c2ccc(C)c(C)c21. The van der Waals surface area contributed by atoms with E-state index in [1.165, 1.54) is 22.3 Å². The third-order valence-electron chi connectivity index (χ3n) is 12.9. The largest absolute Gasteiger partial charge is 0.468 e. The third-order valence-corrected chi connectivity index (χ3v) is 12.9. The molecule has 5 heteroatoms. The van der Waals surface area contributed by atoms with Crippen molar-refractivity contribution < 1.29 is 12.2 Å². The van der Waals surface area contributed by atoms with Gasteiger partial charge in [0.1, 0.15) is 28.5 Å². The Labute approximate surface area is 338 Å². The van der Waals surface area contributed by atoms with E-state index in [0.29, 0.717) is 11.6 Å². The van der Waals surface area contributed by atoms with Gasteiger partial charge in [-0.1, -0.05) is 85.2 Å². The van der Waals surface area contributed by atoms with Crippen LogP contribution in [0.25, 0.3) is 0 Å². The van der Waals surface area contributed by atoms with Crippen molar-refractivity contribution in [1.29, 1.82) is 0 Å². The van der Waals surface area contributed by atoms with Crippen LogP contribution in [0.5, 0.6) is 11.5 Å². The maximum Gasteiger partial charge on any atom is 0.217 e. The quantitative estimate of drug-likeness (QED) is 0.184. The summed E-state index contributed by atoms with van der Waals surface area (Å²) in [6.45, 7) is 30.4. The van der Waals surface area contributed by atoms with Crippen LogP contribution >= 0.6 is 0 Å². The van der Waals surface area contributed by atoms with Gasteiger partial charge in [-0.15, -0.1) is 0 Å². The molecule has 1 aromatic heterocycles. The fraction of sp³-hybridized carbons (Fsp3) is 0.412. The van der Waals surface area contributed by atoms with Crippen LogP contribution in [0.1, 0.15) is 140 Å². The molecule has 3 aliphatic rings. The summed E-state index contributed by atoms with van der Waals surface area (Å²) < 4.78 is 32.4. The van der Waals surface area contributed by atoms with Crippen LogP contribution in [0, 0.1) is 27.7 Å². The van der Waals surface area contributed by atoms with Gasteiger partial charge in [0.15, 0.2) is 0 Å². The summed E-state index contributed by atoms with van der Waals surface area (Å²) in [5.74, 6) is 2.83. The molecule has 0 unspecified atom stereocenters. The Morgan fingerprint density at radius 1 is 0.732 bits per heavy atom. The molecule has 0 saturated heterocycles. The average Bonchev–Trinajstić information content (AvgIpc) is 3.40. The van der Waals surface area contributed by atoms with Crippen molar-refractivity contribution in [3.63, 3.8) is 0 Å². The lowest BCUT2D eigenvalue weighted by molar-refractivity contribution is 0.0163. The smallest absolute Gasteiger partial charge is 0.217 e. The van der Waals surface area contributed by atoms with Gasteiger partial charge < -0.3 is 9.47 Å². The van der Waals surface area contributed by atoms with Crippen LogP contribution in [0.15, 0.2) is 84.0 Å². The molecular formula is C51H59N3O2. The molecule has 3 heterocycles. The summed E-state index contributed by atoms with van der Waals surface area (Å²) in [5, 5.41) is 0. The third kappa shape index (κ3) is 5.96. The molecule has 0 amide bonds. The van der Waals surface area contributed by atoms with Gasteiger partial charge in [0.05, 0.1) is 11.4 Å². The molecule has 0 bridgehead atoms. The van der Waals surface area contributed by atoms with Crippen LogP contribution in [0.2, 0.25) is 0 Å². The van der Waals surface area contributed by atoms with Crippen molar-refractivity contribution >= 4 is 23.1 Å². The summed E-state index contributed by atoms with van der Waals surface area (Å²) in [6.07, 6.45) is 0.552. The van der Waals surface area contributed by atoms with Crippen molar-refractivity contribution in [3.05, 3.63) is 140 Å². The number of nitrogens with zero attached hydrogens (tertiary/aromatic N) is 3. The number of benzene rings is 4. The molecule has 0 radical (unpaired) electrons. The standard InChI is InChI=1S/C51H59N3O2/c1-30-15-18-42-40(23-30)49(11,12)41-24-32(3)44(29-43(41)54(42)45-28-35(20-22-52-45)47(5,6)7)55-37-26-34(25-36(27-37)48(8,9)10)46-53-51(14)39-17-16-31(2)33(4)38(39)19-21-50(51,13)56-46/h15-18,20,22-29H,19,21H2,1-14H3/t50-,51+/m0/s1/i19D2. The van der Waals surface area contributed by atoms with Gasteiger partial charge in [-0.25, -0.2) is 9.98 Å². The molecular weight excluding hydrogens is 687 g/mol. The minimum Gasteiger partial charge on any atom is -0.468 e. The maximum absolute atomic E-state index is 9.23. The second kappa shape index (κ2) is 12.6. The molecule has 4 aromatic carbocycles. The number of aliphatic imine (C=N–C) groups is 1. The number of hydrogen-bond donors (Lipinski definition) is 0. The molecule has 0 spiro atoms. The number of aryl methyl sites for hydroxylation is 3. The summed E-state index contributed by atoms with van der Waals surface area (Å²) >= 11 is 0. The molecule has 2 atom stereocenters. The lowest BCUT2D eigenvalue weighted by Crippen LogP contribution is -2.48. The summed E-state index contributed by atoms with van der Waals surface area (Å²) in [5.41, 5.74) is 11.5. The maximum atomic E-state index is 9.23. The number of aromatic nitrogens is 1. The Hall–Kier alpha value is -4.90. The summed E-state index contributed by atoms with van der Waals surface area (Å²) in [7, 11) is 0. The summed E-state index contributed by atoms with van der Waals surface area (Å²) in [4.78, 5) is 12.7. The van der Waals surface area contributed by atoms with Crippen molar-refractivity contribution in [2.75, 3.05) is 4.90 Å². The lowest BCUT2D eigenvalue weighted by Gasteiger charge is -2.43. The van der Waals surface area contributed by atoms with E-state index < -0.39 is 17.5 Å². The number of fused-ring (bicyclic) bond motifs is 5. The van der Waals surface area contributed by atoms with Crippen molar-refractivity contribution in [3.8, 4) is 11.5 Å². The molecule has 5 nitrogen and oxygen atoms in total. The van der Waals surface area contributed by atoms with Gasteiger partial charge in [-0.3, -0.25) is 4.90 Å². The van der Waals surface area contributed by atoms with Gasteiger partial charge >= 0.3 is 0 Å². The van der Waals surface area contributed by atoms with E-state index in [2.05, 4.69) is 148 Å². The Morgan fingerprint density at radius 3 is 2.16 bits per heavy atom. The molecule has 0 fully saturated rings. The Morgan fingerprint density at radius 2 is 1.45 bits per heavy atom. The monoisotopic (exact) mass is 747 g/mol. The van der Waals surface area contributed by atoms with Gasteiger partial charge in [0.2, 0.25) is 5.90 Å². The molecule has 56 heavy (non-hydrogen) atoms. The lowest BCUT2D eigenvalue weighted by atomic mass is 9.67. The molecule has 8 rings (SSSR count). The minimum absolute atomic E-state index is 0.0458. The first-order valence-corrected chi connectivity index (χ1v) is 20.1. The summed E-state index contributed by atoms with van der Waals surface area (Å²) in [6, 6.07) is 26.0. The molecule has 0 saturated carbocycles. The van der Waals surface area contributed by atoms with Crippen molar-refractivity contribution in [2.24, 2.45) is 4.99 Å². The second-order valence-corrected chi connectivity index (χ2v) is 19.5. The highest BCUT2D eigenvalue weighted by atomic mass is 16.5. The molecule has 290 valence electrons. The fourth-order valence-electron chi connectivity index (χ4n) is 8.73. The van der Waals surface area contributed by atoms with E-state index in [9.17, 15) is 2.74 Å². The zero-order valence-corrected chi connectivity index (χ0v) is 35.9. The van der Waals surface area contributed by atoms with Gasteiger partial charge in [0.25, 0.3) is 0 Å². The predicted octanol–water partition coefficient (Wildman–Crippen LogP) is 13.2. The van der Waals surface area contributed by atoms with Gasteiger partial charge in [-0.2, -0.15) is 0 Å². The van der Waals surface area contributed by atoms with E-state index in [0.717, 1.165) is 61.9 Å². The number of anilines is 3. The highest BCUT2D eigenvalue weighted by Crippen LogP contribution is 2.55.